The van der Waals surface area contributed by atoms with Gasteiger partial charge in [0.1, 0.15) is 0 Å². The molecule has 0 aliphatic rings. The third-order valence-corrected chi connectivity index (χ3v) is 3.13. The van der Waals surface area contributed by atoms with Crippen LogP contribution in [0.5, 0.6) is 0 Å². The Kier molecular flexibility index (Phi) is 5.55. The largest absolute Gasteiger partial charge is 0.268 e. The van der Waals surface area contributed by atoms with E-state index in [1.54, 1.807) is 24.3 Å². The lowest BCUT2D eigenvalue weighted by atomic mass is 10.2. The van der Waals surface area contributed by atoms with Crippen molar-refractivity contribution < 1.29 is 4.79 Å². The van der Waals surface area contributed by atoms with Crippen LogP contribution in [0.2, 0.25) is 10.0 Å². The summed E-state index contributed by atoms with van der Waals surface area (Å²) in [6, 6.07) is 14.6. The van der Waals surface area contributed by atoms with Crippen molar-refractivity contribution in [3.63, 3.8) is 0 Å². The molecular weight excluding hydrogens is 307 g/mol. The summed E-state index contributed by atoms with van der Waals surface area (Å²) in [6.45, 7) is 0. The SMILES string of the molecule is O=C(/C=C/c1ccccc1)NN=Cc1ccc(Cl)cc1Cl. The maximum Gasteiger partial charge on any atom is 0.264 e. The predicted octanol–water partition coefficient (Wildman–Crippen LogP) is 4.16. The lowest BCUT2D eigenvalue weighted by molar-refractivity contribution is -0.116. The number of carbonyl (C=O) groups is 1. The fraction of sp³-hybridized carbons (Fsp3) is 0. The lowest BCUT2D eigenvalue weighted by Gasteiger charge is -1.98. The van der Waals surface area contributed by atoms with Gasteiger partial charge in [-0.05, 0) is 23.8 Å². The Morgan fingerprint density at radius 1 is 1.10 bits per heavy atom. The van der Waals surface area contributed by atoms with Crippen LogP contribution >= 0.6 is 23.2 Å². The number of hydrogen-bond donors (Lipinski definition) is 1. The number of amides is 1. The van der Waals surface area contributed by atoms with Crippen LogP contribution in [0, 0.1) is 0 Å². The third kappa shape index (κ3) is 5.06. The first-order valence-corrected chi connectivity index (χ1v) is 6.92. The number of hydrogen-bond acceptors (Lipinski definition) is 2. The maximum atomic E-state index is 11.6. The second-order valence-corrected chi connectivity index (χ2v) is 4.99. The summed E-state index contributed by atoms with van der Waals surface area (Å²) in [4.78, 5) is 11.6. The summed E-state index contributed by atoms with van der Waals surface area (Å²) in [6.07, 6.45) is 4.59. The average molecular weight is 319 g/mol. The minimum Gasteiger partial charge on any atom is -0.268 e. The molecule has 0 atom stereocenters. The summed E-state index contributed by atoms with van der Waals surface area (Å²) in [7, 11) is 0. The smallest absolute Gasteiger partial charge is 0.264 e. The van der Waals surface area contributed by atoms with Gasteiger partial charge in [-0.15, -0.1) is 0 Å². The van der Waals surface area contributed by atoms with Crippen LogP contribution in [0.25, 0.3) is 6.08 Å². The summed E-state index contributed by atoms with van der Waals surface area (Å²) in [5.41, 5.74) is 4.01. The molecule has 21 heavy (non-hydrogen) atoms. The number of benzene rings is 2. The topological polar surface area (TPSA) is 41.5 Å². The van der Waals surface area contributed by atoms with Crippen molar-refractivity contribution in [3.8, 4) is 0 Å². The van der Waals surface area contributed by atoms with Crippen LogP contribution < -0.4 is 5.43 Å². The van der Waals surface area contributed by atoms with Crippen molar-refractivity contribution in [1.82, 2.24) is 5.43 Å². The van der Waals surface area contributed by atoms with Crippen LogP contribution in [-0.4, -0.2) is 12.1 Å². The Bertz CT molecular complexity index is 682. The number of halogens is 2. The molecule has 0 aliphatic heterocycles. The molecule has 0 aromatic heterocycles. The average Bonchev–Trinajstić information content (AvgIpc) is 2.48. The van der Waals surface area contributed by atoms with Crippen LogP contribution in [0.1, 0.15) is 11.1 Å². The van der Waals surface area contributed by atoms with Gasteiger partial charge in [-0.3, -0.25) is 4.79 Å². The molecule has 0 bridgehead atoms. The van der Waals surface area contributed by atoms with E-state index in [-0.39, 0.29) is 5.91 Å². The van der Waals surface area contributed by atoms with E-state index in [1.165, 1.54) is 12.3 Å². The molecule has 5 heteroatoms. The first-order valence-electron chi connectivity index (χ1n) is 6.16. The van der Waals surface area contributed by atoms with E-state index in [1.807, 2.05) is 30.3 Å². The van der Waals surface area contributed by atoms with Gasteiger partial charge in [0.15, 0.2) is 0 Å². The number of rotatable bonds is 4. The molecule has 0 spiro atoms. The molecule has 1 N–H and O–H groups in total. The van der Waals surface area contributed by atoms with E-state index in [4.69, 9.17) is 23.2 Å². The molecule has 2 aromatic carbocycles. The first-order chi connectivity index (χ1) is 10.1. The first kappa shape index (κ1) is 15.3. The fourth-order valence-electron chi connectivity index (χ4n) is 1.54. The molecule has 0 saturated heterocycles. The monoisotopic (exact) mass is 318 g/mol. The molecule has 3 nitrogen and oxygen atoms in total. The molecule has 2 rings (SSSR count). The fourth-order valence-corrected chi connectivity index (χ4v) is 2.00. The van der Waals surface area contributed by atoms with E-state index in [0.717, 1.165) is 5.56 Å². The molecule has 2 aromatic rings. The van der Waals surface area contributed by atoms with Crippen molar-refractivity contribution >= 4 is 41.4 Å². The molecule has 0 heterocycles. The predicted molar refractivity (Wildman–Crippen MR) is 87.7 cm³/mol. The summed E-state index contributed by atoms with van der Waals surface area (Å²) >= 11 is 11.8. The maximum absolute atomic E-state index is 11.6. The number of nitrogens with zero attached hydrogens (tertiary/aromatic N) is 1. The van der Waals surface area contributed by atoms with E-state index in [9.17, 15) is 4.79 Å². The van der Waals surface area contributed by atoms with Crippen LogP contribution in [-0.2, 0) is 4.79 Å². The van der Waals surface area contributed by atoms with E-state index < -0.39 is 0 Å². The quantitative estimate of drug-likeness (QED) is 0.513. The molecule has 0 aliphatic carbocycles. The Balaban J connectivity index is 1.92. The van der Waals surface area contributed by atoms with Gasteiger partial charge in [0.2, 0.25) is 0 Å². The van der Waals surface area contributed by atoms with Crippen molar-refractivity contribution in [1.29, 1.82) is 0 Å². The number of hydrazone groups is 1. The van der Waals surface area contributed by atoms with Gasteiger partial charge in [-0.1, -0.05) is 59.6 Å². The molecule has 0 radical (unpaired) electrons. The second kappa shape index (κ2) is 7.62. The number of nitrogens with one attached hydrogen (secondary N) is 1. The number of carbonyl (C=O) groups excluding carboxylic acids is 1. The highest BCUT2D eigenvalue weighted by atomic mass is 35.5. The van der Waals surface area contributed by atoms with Crippen molar-refractivity contribution in [2.75, 3.05) is 0 Å². The Labute approximate surface area is 132 Å². The zero-order valence-electron chi connectivity index (χ0n) is 11.0. The van der Waals surface area contributed by atoms with Crippen LogP contribution in [0.15, 0.2) is 59.7 Å². The molecule has 1 amide bonds. The Morgan fingerprint density at radius 2 is 1.86 bits per heavy atom. The zero-order valence-corrected chi connectivity index (χ0v) is 12.5. The highest BCUT2D eigenvalue weighted by molar-refractivity contribution is 6.36. The van der Waals surface area contributed by atoms with Gasteiger partial charge in [0.05, 0.1) is 11.2 Å². The van der Waals surface area contributed by atoms with Gasteiger partial charge in [-0.2, -0.15) is 5.10 Å². The summed E-state index contributed by atoms with van der Waals surface area (Å²) in [5, 5.41) is 4.86. The third-order valence-electron chi connectivity index (χ3n) is 2.57. The van der Waals surface area contributed by atoms with E-state index >= 15 is 0 Å². The van der Waals surface area contributed by atoms with E-state index in [2.05, 4.69) is 10.5 Å². The van der Waals surface area contributed by atoms with Gasteiger partial charge >= 0.3 is 0 Å². The standard InChI is InChI=1S/C16H12Cl2N2O/c17-14-8-7-13(15(18)10-14)11-19-20-16(21)9-6-12-4-2-1-3-5-12/h1-11H,(H,20,21)/b9-6+,19-11?. The normalized spacial score (nSPS) is 11.1. The van der Waals surface area contributed by atoms with E-state index in [0.29, 0.717) is 15.6 Å². The zero-order chi connectivity index (χ0) is 15.1. The van der Waals surface area contributed by atoms with Crippen LogP contribution in [0.4, 0.5) is 0 Å². The molecule has 0 unspecified atom stereocenters. The summed E-state index contributed by atoms with van der Waals surface area (Å²) < 4.78 is 0. The van der Waals surface area contributed by atoms with Crippen LogP contribution in [0.3, 0.4) is 0 Å². The second-order valence-electron chi connectivity index (χ2n) is 4.14. The van der Waals surface area contributed by atoms with Crippen molar-refractivity contribution in [3.05, 3.63) is 75.8 Å². The minimum atomic E-state index is -0.319. The van der Waals surface area contributed by atoms with Crippen molar-refractivity contribution in [2.24, 2.45) is 5.10 Å². The minimum absolute atomic E-state index is 0.319. The molecule has 0 saturated carbocycles. The van der Waals surface area contributed by atoms with Crippen molar-refractivity contribution in [2.45, 2.75) is 0 Å². The van der Waals surface area contributed by atoms with Gasteiger partial charge < -0.3 is 0 Å². The highest BCUT2D eigenvalue weighted by Gasteiger charge is 1.98. The Hall–Kier alpha value is -2.10. The molecule has 106 valence electrons. The van der Waals surface area contributed by atoms with Gasteiger partial charge in [-0.25, -0.2) is 5.43 Å². The molecular formula is C16H12Cl2N2O. The lowest BCUT2D eigenvalue weighted by Crippen LogP contribution is -2.14. The molecule has 0 fully saturated rings. The Morgan fingerprint density at radius 3 is 2.57 bits per heavy atom. The van der Waals surface area contributed by atoms with Gasteiger partial charge in [0.25, 0.3) is 5.91 Å². The summed E-state index contributed by atoms with van der Waals surface area (Å²) in [5.74, 6) is -0.319. The van der Waals surface area contributed by atoms with Gasteiger partial charge in [0, 0.05) is 16.7 Å². The highest BCUT2D eigenvalue weighted by Crippen LogP contribution is 2.19.